The monoisotopic (exact) mass is 348 g/mol. The highest BCUT2D eigenvalue weighted by Gasteiger charge is 2.50. The summed E-state index contributed by atoms with van der Waals surface area (Å²) < 4.78 is 5.35. The van der Waals surface area contributed by atoms with Crippen molar-refractivity contribution >= 4 is 0 Å². The Morgan fingerprint density at radius 1 is 1.04 bits per heavy atom. The highest BCUT2D eigenvalue weighted by molar-refractivity contribution is 5.35. The molecule has 4 aliphatic rings. The van der Waals surface area contributed by atoms with Crippen LogP contribution in [0.25, 0.3) is 0 Å². The molecule has 0 saturated heterocycles. The van der Waals surface area contributed by atoms with Crippen molar-refractivity contribution in [2.45, 2.75) is 64.2 Å². The second-order valence-electron chi connectivity index (χ2n) is 9.21. The first kappa shape index (κ1) is 16.7. The molecule has 0 unspecified atom stereocenters. The van der Waals surface area contributed by atoms with Crippen LogP contribution in [0.5, 0.6) is 5.75 Å². The molecule has 0 radical (unpaired) electrons. The SMILES string of the molecule is COc1ccc(C[C@]23CC=C4[C@H]5CCCCC5=CC[C@H]4[C@@H]2CCC3)cc1. The van der Waals surface area contributed by atoms with Gasteiger partial charge in [-0.15, -0.1) is 0 Å². The molecule has 0 aromatic heterocycles. The number of methoxy groups -OCH3 is 1. The summed E-state index contributed by atoms with van der Waals surface area (Å²) in [5.41, 5.74) is 5.67. The number of fused-ring (bicyclic) bond motifs is 5. The van der Waals surface area contributed by atoms with Crippen LogP contribution >= 0.6 is 0 Å². The lowest BCUT2D eigenvalue weighted by Crippen LogP contribution is -2.40. The molecule has 4 atom stereocenters. The molecule has 1 nitrogen and oxygen atoms in total. The van der Waals surface area contributed by atoms with Crippen LogP contribution in [0.3, 0.4) is 0 Å². The van der Waals surface area contributed by atoms with Gasteiger partial charge in [0.25, 0.3) is 0 Å². The summed E-state index contributed by atoms with van der Waals surface area (Å²) >= 11 is 0. The average Bonchev–Trinajstić information content (AvgIpc) is 3.12. The standard InChI is InChI=1S/C25H32O/c1-26-20-11-8-18(9-12-20)17-25-15-4-7-24(25)23-13-10-19-5-2-3-6-21(19)22(23)14-16-25/h8-12,14,21,23-24H,2-7,13,15-17H2,1H3/t21-,23+,24-,25-/m0/s1. The number of hydrogen-bond acceptors (Lipinski definition) is 1. The zero-order valence-corrected chi connectivity index (χ0v) is 16.2. The lowest BCUT2D eigenvalue weighted by atomic mass is 9.56. The van der Waals surface area contributed by atoms with Gasteiger partial charge in [-0.1, -0.05) is 48.3 Å². The predicted octanol–water partition coefficient (Wildman–Crippen LogP) is 6.49. The maximum Gasteiger partial charge on any atom is 0.118 e. The molecule has 1 aromatic rings. The first-order chi connectivity index (χ1) is 12.8. The van der Waals surface area contributed by atoms with Gasteiger partial charge in [-0.3, -0.25) is 0 Å². The van der Waals surface area contributed by atoms with E-state index in [-0.39, 0.29) is 0 Å². The van der Waals surface area contributed by atoms with Gasteiger partial charge < -0.3 is 4.74 Å². The summed E-state index contributed by atoms with van der Waals surface area (Å²) in [6.45, 7) is 0. The molecule has 0 amide bonds. The lowest BCUT2D eigenvalue weighted by molar-refractivity contribution is 0.126. The van der Waals surface area contributed by atoms with E-state index in [1.165, 1.54) is 69.8 Å². The van der Waals surface area contributed by atoms with Crippen molar-refractivity contribution in [2.75, 3.05) is 7.11 Å². The Labute approximate surface area is 158 Å². The summed E-state index contributed by atoms with van der Waals surface area (Å²) in [6.07, 6.45) is 19.2. The topological polar surface area (TPSA) is 9.23 Å². The molecule has 138 valence electrons. The van der Waals surface area contributed by atoms with Gasteiger partial charge in [0.2, 0.25) is 0 Å². The highest BCUT2D eigenvalue weighted by Crippen LogP contribution is 2.60. The van der Waals surface area contributed by atoms with Crippen molar-refractivity contribution < 1.29 is 4.74 Å². The Bertz CT molecular complexity index is 725. The summed E-state index contributed by atoms with van der Waals surface area (Å²) in [7, 11) is 1.75. The molecule has 0 N–H and O–H groups in total. The van der Waals surface area contributed by atoms with Gasteiger partial charge in [0.1, 0.15) is 5.75 Å². The number of allylic oxidation sites excluding steroid dienone is 4. The fourth-order valence-electron chi connectivity index (χ4n) is 6.84. The van der Waals surface area contributed by atoms with Gasteiger partial charge in [-0.05, 0) is 86.3 Å². The molecule has 1 aromatic carbocycles. The second kappa shape index (κ2) is 6.59. The molecule has 1 heteroatoms. The molecule has 0 bridgehead atoms. The van der Waals surface area contributed by atoms with Crippen LogP contribution in [-0.2, 0) is 6.42 Å². The maximum atomic E-state index is 5.35. The average molecular weight is 349 g/mol. The molecule has 2 saturated carbocycles. The molecular formula is C25H32O. The Morgan fingerprint density at radius 2 is 1.92 bits per heavy atom. The third kappa shape index (κ3) is 2.66. The van der Waals surface area contributed by atoms with Crippen molar-refractivity contribution in [3.63, 3.8) is 0 Å². The lowest BCUT2D eigenvalue weighted by Gasteiger charge is -2.49. The van der Waals surface area contributed by atoms with E-state index in [9.17, 15) is 0 Å². The summed E-state index contributed by atoms with van der Waals surface area (Å²) in [6, 6.07) is 8.86. The van der Waals surface area contributed by atoms with Gasteiger partial charge in [-0.25, -0.2) is 0 Å². The molecule has 0 aliphatic heterocycles. The minimum absolute atomic E-state index is 0.517. The van der Waals surface area contributed by atoms with Gasteiger partial charge in [0.15, 0.2) is 0 Å². The van der Waals surface area contributed by atoms with E-state index in [2.05, 4.69) is 36.4 Å². The van der Waals surface area contributed by atoms with E-state index in [0.29, 0.717) is 5.41 Å². The van der Waals surface area contributed by atoms with E-state index in [0.717, 1.165) is 23.5 Å². The number of ether oxygens (including phenoxy) is 1. The van der Waals surface area contributed by atoms with Crippen LogP contribution in [-0.4, -0.2) is 7.11 Å². The van der Waals surface area contributed by atoms with Crippen molar-refractivity contribution in [1.82, 2.24) is 0 Å². The van der Waals surface area contributed by atoms with Crippen LogP contribution in [0.1, 0.15) is 63.4 Å². The Morgan fingerprint density at radius 3 is 2.77 bits per heavy atom. The zero-order chi connectivity index (χ0) is 17.6. The first-order valence-corrected chi connectivity index (χ1v) is 10.8. The molecule has 26 heavy (non-hydrogen) atoms. The van der Waals surface area contributed by atoms with Crippen molar-refractivity contribution in [1.29, 1.82) is 0 Å². The van der Waals surface area contributed by atoms with E-state index < -0.39 is 0 Å². The smallest absolute Gasteiger partial charge is 0.118 e. The fraction of sp³-hybridized carbons (Fsp3) is 0.600. The minimum Gasteiger partial charge on any atom is -0.497 e. The second-order valence-corrected chi connectivity index (χ2v) is 9.21. The Hall–Kier alpha value is -1.50. The number of rotatable bonds is 3. The molecule has 0 spiro atoms. The third-order valence-corrected chi connectivity index (χ3v) is 8.04. The van der Waals surface area contributed by atoms with Crippen molar-refractivity contribution in [2.24, 2.45) is 23.2 Å². The zero-order valence-electron chi connectivity index (χ0n) is 16.2. The Kier molecular flexibility index (Phi) is 4.22. The molecule has 4 aliphatic carbocycles. The molecule has 5 rings (SSSR count). The van der Waals surface area contributed by atoms with E-state index in [1.54, 1.807) is 12.7 Å². The van der Waals surface area contributed by atoms with Crippen LogP contribution in [0.4, 0.5) is 0 Å². The van der Waals surface area contributed by atoms with Gasteiger partial charge in [0.05, 0.1) is 7.11 Å². The highest BCUT2D eigenvalue weighted by atomic mass is 16.5. The van der Waals surface area contributed by atoms with Crippen LogP contribution in [0.2, 0.25) is 0 Å². The van der Waals surface area contributed by atoms with E-state index in [4.69, 9.17) is 4.74 Å². The molecule has 0 heterocycles. The first-order valence-electron chi connectivity index (χ1n) is 10.8. The van der Waals surface area contributed by atoms with Crippen LogP contribution < -0.4 is 4.74 Å². The number of benzene rings is 1. The number of hydrogen-bond donors (Lipinski definition) is 0. The maximum absolute atomic E-state index is 5.35. The molecular weight excluding hydrogens is 316 g/mol. The molecule has 2 fully saturated rings. The third-order valence-electron chi connectivity index (χ3n) is 8.04. The van der Waals surface area contributed by atoms with Crippen molar-refractivity contribution in [3.05, 3.63) is 53.1 Å². The van der Waals surface area contributed by atoms with Crippen LogP contribution in [0.15, 0.2) is 47.6 Å². The largest absolute Gasteiger partial charge is 0.497 e. The summed E-state index contributed by atoms with van der Waals surface area (Å²) in [5, 5.41) is 0. The quantitative estimate of drug-likeness (QED) is 0.567. The van der Waals surface area contributed by atoms with Gasteiger partial charge in [0, 0.05) is 5.92 Å². The van der Waals surface area contributed by atoms with Crippen LogP contribution in [0, 0.1) is 23.2 Å². The summed E-state index contributed by atoms with van der Waals surface area (Å²) in [5.74, 6) is 3.55. The van der Waals surface area contributed by atoms with Gasteiger partial charge in [-0.2, -0.15) is 0 Å². The normalized spacial score (nSPS) is 35.7. The van der Waals surface area contributed by atoms with E-state index >= 15 is 0 Å². The summed E-state index contributed by atoms with van der Waals surface area (Å²) in [4.78, 5) is 0. The van der Waals surface area contributed by atoms with E-state index in [1.807, 2.05) is 5.57 Å². The fourth-order valence-corrected chi connectivity index (χ4v) is 6.84. The minimum atomic E-state index is 0.517. The Balaban J connectivity index is 1.43. The predicted molar refractivity (Wildman–Crippen MR) is 107 cm³/mol. The van der Waals surface area contributed by atoms with Gasteiger partial charge >= 0.3 is 0 Å². The van der Waals surface area contributed by atoms with Crippen molar-refractivity contribution in [3.8, 4) is 5.75 Å².